The Morgan fingerprint density at radius 2 is 1.14 bits per heavy atom. The minimum atomic E-state index is -0.123. The van der Waals surface area contributed by atoms with Crippen molar-refractivity contribution >= 4 is 5.97 Å². The highest BCUT2D eigenvalue weighted by Gasteiger charge is 2.09. The van der Waals surface area contributed by atoms with Crippen molar-refractivity contribution in [3.8, 4) is 0 Å². The Labute approximate surface area is 172 Å². The van der Waals surface area contributed by atoms with Crippen molar-refractivity contribution in [1.82, 2.24) is 9.97 Å². The van der Waals surface area contributed by atoms with Gasteiger partial charge < -0.3 is 4.74 Å². The fourth-order valence-corrected chi connectivity index (χ4v) is 3.41. The summed E-state index contributed by atoms with van der Waals surface area (Å²) in [5.74, 6) is -0.123. The van der Waals surface area contributed by atoms with Gasteiger partial charge in [0.15, 0.2) is 0 Å². The van der Waals surface area contributed by atoms with Crippen molar-refractivity contribution in [2.24, 2.45) is 0 Å². The van der Waals surface area contributed by atoms with E-state index in [0.717, 1.165) is 35.6 Å². The summed E-state index contributed by atoms with van der Waals surface area (Å²) in [7, 11) is 0. The number of aryl methyl sites for hydroxylation is 3. The average Bonchev–Trinajstić information content (AvgIpc) is 2.67. The van der Waals surface area contributed by atoms with Gasteiger partial charge in [-0.05, 0) is 27.2 Å². The number of hydrogen-bond acceptors (Lipinski definition) is 4. The van der Waals surface area contributed by atoms with Crippen LogP contribution < -0.4 is 0 Å². The van der Waals surface area contributed by atoms with Gasteiger partial charge in [-0.15, -0.1) is 0 Å². The molecule has 0 atom stereocenters. The molecule has 4 heteroatoms. The predicted octanol–water partition coefficient (Wildman–Crippen LogP) is 6.93. The van der Waals surface area contributed by atoms with E-state index in [1.807, 2.05) is 20.8 Å². The van der Waals surface area contributed by atoms with Crippen LogP contribution >= 0.6 is 0 Å². The van der Waals surface area contributed by atoms with Gasteiger partial charge in [0.25, 0.3) is 0 Å². The average molecular weight is 391 g/mol. The number of esters is 1. The number of hydrogen-bond donors (Lipinski definition) is 0. The summed E-state index contributed by atoms with van der Waals surface area (Å²) in [4.78, 5) is 20.8. The zero-order chi connectivity index (χ0) is 20.6. The molecule has 1 rings (SSSR count). The Hall–Kier alpha value is -1.45. The highest BCUT2D eigenvalue weighted by Crippen LogP contribution is 2.13. The SMILES string of the molecule is CCCCCCCCCCCCCCCC(=O)OCc1nc(C)c(C)nc1C. The van der Waals surface area contributed by atoms with Crippen molar-refractivity contribution in [3.63, 3.8) is 0 Å². The minimum Gasteiger partial charge on any atom is -0.459 e. The van der Waals surface area contributed by atoms with E-state index in [9.17, 15) is 4.79 Å². The highest BCUT2D eigenvalue weighted by molar-refractivity contribution is 5.69. The van der Waals surface area contributed by atoms with E-state index in [1.54, 1.807) is 0 Å². The second-order valence-electron chi connectivity index (χ2n) is 8.08. The standard InChI is InChI=1S/C24H42N2O2/c1-5-6-7-8-9-10-11-12-13-14-15-16-17-18-24(27)28-19-23-22(4)25-20(2)21(3)26-23/h5-19H2,1-4H3. The monoisotopic (exact) mass is 390 g/mol. The van der Waals surface area contributed by atoms with Crippen LogP contribution in [0.3, 0.4) is 0 Å². The molecule has 0 aliphatic carbocycles. The van der Waals surface area contributed by atoms with Crippen LogP contribution in [0.5, 0.6) is 0 Å². The summed E-state index contributed by atoms with van der Waals surface area (Å²) in [6.45, 7) is 8.29. The molecule has 0 aromatic carbocycles. The third-order valence-electron chi connectivity index (χ3n) is 5.43. The lowest BCUT2D eigenvalue weighted by Gasteiger charge is -2.09. The van der Waals surface area contributed by atoms with Crippen LogP contribution in [0.15, 0.2) is 0 Å². The van der Waals surface area contributed by atoms with Gasteiger partial charge in [-0.3, -0.25) is 14.8 Å². The molecular weight excluding hydrogens is 348 g/mol. The summed E-state index contributed by atoms with van der Waals surface area (Å²) in [5.41, 5.74) is 3.44. The van der Waals surface area contributed by atoms with Gasteiger partial charge >= 0.3 is 5.97 Å². The van der Waals surface area contributed by atoms with E-state index in [1.165, 1.54) is 70.6 Å². The molecule has 0 aliphatic heterocycles. The summed E-state index contributed by atoms with van der Waals surface area (Å²) < 4.78 is 5.37. The summed E-state index contributed by atoms with van der Waals surface area (Å²) in [5, 5.41) is 0. The second kappa shape index (κ2) is 15.5. The maximum Gasteiger partial charge on any atom is 0.306 e. The number of carbonyl (C=O) groups excluding carboxylic acids is 1. The van der Waals surface area contributed by atoms with Crippen molar-refractivity contribution in [2.75, 3.05) is 0 Å². The number of ether oxygens (including phenoxy) is 1. The van der Waals surface area contributed by atoms with Gasteiger partial charge in [-0.1, -0.05) is 84.0 Å². The van der Waals surface area contributed by atoms with E-state index in [2.05, 4.69) is 16.9 Å². The van der Waals surface area contributed by atoms with Crippen LogP contribution in [-0.4, -0.2) is 15.9 Å². The topological polar surface area (TPSA) is 52.1 Å². The third kappa shape index (κ3) is 11.4. The maximum absolute atomic E-state index is 11.9. The molecule has 0 amide bonds. The molecule has 0 radical (unpaired) electrons. The lowest BCUT2D eigenvalue weighted by Crippen LogP contribution is -2.09. The molecule has 0 unspecified atom stereocenters. The van der Waals surface area contributed by atoms with Gasteiger partial charge in [0.05, 0.1) is 22.8 Å². The summed E-state index contributed by atoms with van der Waals surface area (Å²) in [6, 6.07) is 0. The van der Waals surface area contributed by atoms with E-state index in [4.69, 9.17) is 4.74 Å². The van der Waals surface area contributed by atoms with Gasteiger partial charge in [-0.2, -0.15) is 0 Å². The molecule has 0 bridgehead atoms. The molecular formula is C24H42N2O2. The Bertz CT molecular complexity index is 558. The van der Waals surface area contributed by atoms with Crippen molar-refractivity contribution in [2.45, 2.75) is 124 Å². The quantitative estimate of drug-likeness (QED) is 0.227. The maximum atomic E-state index is 11.9. The zero-order valence-electron chi connectivity index (χ0n) is 18.8. The predicted molar refractivity (Wildman–Crippen MR) is 116 cm³/mol. The first-order valence-corrected chi connectivity index (χ1v) is 11.5. The Morgan fingerprint density at radius 3 is 1.68 bits per heavy atom. The first kappa shape index (κ1) is 24.6. The molecule has 28 heavy (non-hydrogen) atoms. The number of nitrogens with zero attached hydrogens (tertiary/aromatic N) is 2. The van der Waals surface area contributed by atoms with E-state index < -0.39 is 0 Å². The molecule has 1 aromatic heterocycles. The summed E-state index contributed by atoms with van der Waals surface area (Å²) in [6.07, 6.45) is 17.5. The first-order chi connectivity index (χ1) is 13.5. The summed E-state index contributed by atoms with van der Waals surface area (Å²) >= 11 is 0. The van der Waals surface area contributed by atoms with Crippen LogP contribution in [0.25, 0.3) is 0 Å². The number of rotatable bonds is 16. The molecule has 0 N–H and O–H groups in total. The second-order valence-corrected chi connectivity index (χ2v) is 8.08. The van der Waals surface area contributed by atoms with Gasteiger partial charge in [0.1, 0.15) is 6.61 Å². The fraction of sp³-hybridized carbons (Fsp3) is 0.792. The van der Waals surface area contributed by atoms with Crippen LogP contribution in [0, 0.1) is 20.8 Å². The van der Waals surface area contributed by atoms with Gasteiger partial charge in [0, 0.05) is 6.42 Å². The molecule has 4 nitrogen and oxygen atoms in total. The van der Waals surface area contributed by atoms with Gasteiger partial charge in [-0.25, -0.2) is 0 Å². The molecule has 0 saturated heterocycles. The van der Waals surface area contributed by atoms with Crippen molar-refractivity contribution < 1.29 is 9.53 Å². The van der Waals surface area contributed by atoms with E-state index >= 15 is 0 Å². The van der Waals surface area contributed by atoms with Crippen LogP contribution in [0.4, 0.5) is 0 Å². The van der Waals surface area contributed by atoms with Crippen molar-refractivity contribution in [1.29, 1.82) is 0 Å². The van der Waals surface area contributed by atoms with Crippen LogP contribution in [0.1, 0.15) is 120 Å². The van der Waals surface area contributed by atoms with E-state index in [0.29, 0.717) is 6.42 Å². The van der Waals surface area contributed by atoms with E-state index in [-0.39, 0.29) is 12.6 Å². The van der Waals surface area contributed by atoms with Crippen molar-refractivity contribution in [3.05, 3.63) is 22.8 Å². The molecule has 160 valence electrons. The number of unbranched alkanes of at least 4 members (excludes halogenated alkanes) is 12. The smallest absolute Gasteiger partial charge is 0.306 e. The largest absolute Gasteiger partial charge is 0.459 e. The first-order valence-electron chi connectivity index (χ1n) is 11.5. The molecule has 0 fully saturated rings. The zero-order valence-corrected chi connectivity index (χ0v) is 18.8. The molecule has 0 saturated carbocycles. The third-order valence-corrected chi connectivity index (χ3v) is 5.43. The lowest BCUT2D eigenvalue weighted by molar-refractivity contribution is -0.145. The van der Waals surface area contributed by atoms with Gasteiger partial charge in [0.2, 0.25) is 0 Å². The number of aromatic nitrogens is 2. The van der Waals surface area contributed by atoms with Crippen LogP contribution in [-0.2, 0) is 16.1 Å². The molecule has 1 aromatic rings. The Morgan fingerprint density at radius 1 is 0.679 bits per heavy atom. The molecule has 0 aliphatic rings. The number of carbonyl (C=O) groups is 1. The Kier molecular flexibility index (Phi) is 13.6. The fourth-order valence-electron chi connectivity index (χ4n) is 3.41. The Balaban J connectivity index is 1.95. The molecule has 0 spiro atoms. The minimum absolute atomic E-state index is 0.123. The lowest BCUT2D eigenvalue weighted by atomic mass is 10.0. The highest BCUT2D eigenvalue weighted by atomic mass is 16.5. The normalized spacial score (nSPS) is 11.0. The molecule has 1 heterocycles. The van der Waals surface area contributed by atoms with Crippen LogP contribution in [0.2, 0.25) is 0 Å².